The molecule has 6 atom stereocenters. The lowest BCUT2D eigenvalue weighted by molar-refractivity contribution is -0.252. The van der Waals surface area contributed by atoms with Crippen molar-refractivity contribution in [2.24, 2.45) is 0 Å². The summed E-state index contributed by atoms with van der Waals surface area (Å²) in [5.74, 6) is -1.88. The highest BCUT2D eigenvalue weighted by molar-refractivity contribution is 5.90. The lowest BCUT2D eigenvalue weighted by Crippen LogP contribution is -2.60. The minimum atomic E-state index is -1.17. The van der Waals surface area contributed by atoms with Crippen molar-refractivity contribution >= 4 is 17.9 Å². The van der Waals surface area contributed by atoms with Crippen molar-refractivity contribution in [3.8, 4) is 0 Å². The van der Waals surface area contributed by atoms with Crippen molar-refractivity contribution in [2.75, 3.05) is 6.61 Å². The molecule has 0 saturated carbocycles. The van der Waals surface area contributed by atoms with Gasteiger partial charge in [-0.15, -0.1) is 0 Å². The highest BCUT2D eigenvalue weighted by atomic mass is 16.8. The molecule has 196 valence electrons. The zero-order chi connectivity index (χ0) is 26.5. The van der Waals surface area contributed by atoms with E-state index >= 15 is 0 Å². The van der Waals surface area contributed by atoms with E-state index in [0.717, 1.165) is 0 Å². The van der Waals surface area contributed by atoms with Crippen LogP contribution >= 0.6 is 0 Å². The number of benzene rings is 3. The van der Waals surface area contributed by atoms with Gasteiger partial charge in [0.1, 0.15) is 12.7 Å². The van der Waals surface area contributed by atoms with Crippen LogP contribution in [0.5, 0.6) is 0 Å². The van der Waals surface area contributed by atoms with Crippen molar-refractivity contribution < 1.29 is 42.8 Å². The van der Waals surface area contributed by atoms with Gasteiger partial charge in [-0.25, -0.2) is 14.4 Å². The molecule has 0 radical (unpaired) electrons. The number of rotatable bonds is 7. The Balaban J connectivity index is 1.42. The molecule has 0 amide bonds. The van der Waals surface area contributed by atoms with Crippen LogP contribution in [0.2, 0.25) is 0 Å². The van der Waals surface area contributed by atoms with Crippen LogP contribution in [0.25, 0.3) is 0 Å². The lowest BCUT2D eigenvalue weighted by atomic mass is 9.98. The Kier molecular flexibility index (Phi) is 7.78. The monoisotopic (exact) mass is 518 g/mol. The predicted octanol–water partition coefficient (Wildman–Crippen LogP) is 3.78. The van der Waals surface area contributed by atoms with Crippen molar-refractivity contribution in [1.82, 2.24) is 0 Å². The minimum Gasteiger partial charge on any atom is -0.459 e. The van der Waals surface area contributed by atoms with Crippen molar-refractivity contribution in [2.45, 2.75) is 43.9 Å². The molecule has 1 unspecified atom stereocenters. The molecule has 2 fully saturated rings. The fourth-order valence-corrected chi connectivity index (χ4v) is 4.33. The van der Waals surface area contributed by atoms with Crippen LogP contribution in [0.15, 0.2) is 91.0 Å². The number of hydrogen-bond acceptors (Lipinski definition) is 9. The molecule has 5 rings (SSSR count). The van der Waals surface area contributed by atoms with E-state index in [0.29, 0.717) is 16.7 Å². The Labute approximate surface area is 219 Å². The van der Waals surface area contributed by atoms with Gasteiger partial charge in [-0.05, 0) is 43.3 Å². The molecule has 0 N–H and O–H groups in total. The van der Waals surface area contributed by atoms with E-state index in [1.807, 2.05) is 0 Å². The smallest absolute Gasteiger partial charge is 0.338 e. The predicted molar refractivity (Wildman–Crippen MR) is 132 cm³/mol. The lowest BCUT2D eigenvalue weighted by Gasteiger charge is -2.41. The molecule has 2 aliphatic heterocycles. The van der Waals surface area contributed by atoms with Crippen LogP contribution in [0.3, 0.4) is 0 Å². The van der Waals surface area contributed by atoms with Gasteiger partial charge in [0.05, 0.1) is 16.7 Å². The summed E-state index contributed by atoms with van der Waals surface area (Å²) in [4.78, 5) is 38.8. The molecule has 0 bridgehead atoms. The van der Waals surface area contributed by atoms with E-state index in [4.69, 9.17) is 28.4 Å². The standard InChI is InChI=1S/C29H26O9/c1-18-34-25-24(38-28(32)21-15-9-4-10-16-21)23(37-27(31)20-13-7-3-8-14-20)22(36-29(25)35-18)17-33-26(30)19-11-5-2-6-12-19/h2-16,18,22-25,29H,17H2,1H3/t18?,22-,23-,24+,25+,29-/m1/s1. The molecule has 3 aromatic rings. The molecule has 2 aliphatic rings. The van der Waals surface area contributed by atoms with Crippen LogP contribution < -0.4 is 0 Å². The van der Waals surface area contributed by atoms with E-state index in [-0.39, 0.29) is 6.61 Å². The molecule has 0 aliphatic carbocycles. The molecule has 2 heterocycles. The number of ether oxygens (including phenoxy) is 6. The normalized spacial score (nSPS) is 26.1. The third-order valence-corrected chi connectivity index (χ3v) is 6.16. The molecule has 9 heteroatoms. The van der Waals surface area contributed by atoms with Gasteiger partial charge in [-0.1, -0.05) is 54.6 Å². The Morgan fingerprint density at radius 2 is 1.11 bits per heavy atom. The Hall–Kier alpha value is -4.05. The minimum absolute atomic E-state index is 0.291. The van der Waals surface area contributed by atoms with Gasteiger partial charge in [-0.3, -0.25) is 0 Å². The number of esters is 3. The summed E-state index contributed by atoms with van der Waals surface area (Å²) in [6, 6.07) is 25.2. The SMILES string of the molecule is CC1O[C@@H]2O[C@H](COC(=O)c3ccccc3)[C@@H](OC(=O)c3ccccc3)[C@H](OC(=O)c3ccccc3)[C@@H]2O1. The Morgan fingerprint density at radius 1 is 0.632 bits per heavy atom. The number of carbonyl (C=O) groups excluding carboxylic acids is 3. The first-order chi connectivity index (χ1) is 18.5. The second-order valence-electron chi connectivity index (χ2n) is 8.78. The summed E-state index contributed by atoms with van der Waals surface area (Å²) in [7, 11) is 0. The topological polar surface area (TPSA) is 107 Å². The van der Waals surface area contributed by atoms with Crippen LogP contribution in [-0.2, 0) is 28.4 Å². The van der Waals surface area contributed by atoms with E-state index in [1.165, 1.54) is 0 Å². The fourth-order valence-electron chi connectivity index (χ4n) is 4.33. The third-order valence-electron chi connectivity index (χ3n) is 6.16. The summed E-state index contributed by atoms with van der Waals surface area (Å²) in [5, 5.41) is 0. The number of hydrogen-bond donors (Lipinski definition) is 0. The van der Waals surface area contributed by atoms with Crippen LogP contribution in [0.4, 0.5) is 0 Å². The molecule has 3 aromatic carbocycles. The van der Waals surface area contributed by atoms with Crippen molar-refractivity contribution in [1.29, 1.82) is 0 Å². The molecular formula is C29H26O9. The summed E-state index contributed by atoms with van der Waals surface area (Å²) in [6.07, 6.45) is -5.79. The summed E-state index contributed by atoms with van der Waals surface area (Å²) in [6.45, 7) is 1.38. The van der Waals surface area contributed by atoms with Gasteiger partial charge in [0.25, 0.3) is 0 Å². The zero-order valence-electron chi connectivity index (χ0n) is 20.5. The first kappa shape index (κ1) is 25.6. The highest BCUT2D eigenvalue weighted by Crippen LogP contribution is 2.35. The van der Waals surface area contributed by atoms with Gasteiger partial charge in [0, 0.05) is 0 Å². The van der Waals surface area contributed by atoms with Gasteiger partial charge in [-0.2, -0.15) is 0 Å². The molecule has 38 heavy (non-hydrogen) atoms. The van der Waals surface area contributed by atoms with Crippen molar-refractivity contribution in [3.05, 3.63) is 108 Å². The Morgan fingerprint density at radius 3 is 1.63 bits per heavy atom. The second kappa shape index (κ2) is 11.6. The van der Waals surface area contributed by atoms with Crippen molar-refractivity contribution in [3.63, 3.8) is 0 Å². The fraction of sp³-hybridized carbons (Fsp3) is 0.276. The van der Waals surface area contributed by atoms with E-state index < -0.39 is 54.9 Å². The summed E-state index contributed by atoms with van der Waals surface area (Å²) >= 11 is 0. The number of fused-ring (bicyclic) bond motifs is 1. The summed E-state index contributed by atoms with van der Waals surface area (Å²) < 4.78 is 34.8. The zero-order valence-corrected chi connectivity index (χ0v) is 20.5. The molecule has 9 nitrogen and oxygen atoms in total. The maximum Gasteiger partial charge on any atom is 0.338 e. The van der Waals surface area contributed by atoms with Crippen LogP contribution in [-0.4, -0.2) is 61.5 Å². The van der Waals surface area contributed by atoms with E-state index in [2.05, 4.69) is 0 Å². The van der Waals surface area contributed by atoms with Crippen LogP contribution in [0.1, 0.15) is 38.0 Å². The average Bonchev–Trinajstić information content (AvgIpc) is 3.34. The van der Waals surface area contributed by atoms with Gasteiger partial charge < -0.3 is 28.4 Å². The third kappa shape index (κ3) is 5.75. The first-order valence-corrected chi connectivity index (χ1v) is 12.2. The number of carbonyl (C=O) groups is 3. The van der Waals surface area contributed by atoms with Gasteiger partial charge in [0.2, 0.25) is 0 Å². The molecule has 0 spiro atoms. The molecule has 2 saturated heterocycles. The maximum absolute atomic E-state index is 13.1. The maximum atomic E-state index is 13.1. The summed E-state index contributed by atoms with van der Waals surface area (Å²) in [5.41, 5.74) is 0.947. The second-order valence-corrected chi connectivity index (χ2v) is 8.78. The van der Waals surface area contributed by atoms with Gasteiger partial charge >= 0.3 is 17.9 Å². The van der Waals surface area contributed by atoms with E-state index in [9.17, 15) is 14.4 Å². The van der Waals surface area contributed by atoms with E-state index in [1.54, 1.807) is 97.9 Å². The first-order valence-electron chi connectivity index (χ1n) is 12.2. The highest BCUT2D eigenvalue weighted by Gasteiger charge is 2.55. The van der Waals surface area contributed by atoms with Gasteiger partial charge in [0.15, 0.2) is 30.9 Å². The molecular weight excluding hydrogens is 492 g/mol. The quantitative estimate of drug-likeness (QED) is 0.341. The average molecular weight is 519 g/mol. The molecule has 0 aromatic heterocycles. The largest absolute Gasteiger partial charge is 0.459 e. The Bertz CT molecular complexity index is 1250. The van der Waals surface area contributed by atoms with Crippen LogP contribution in [0, 0.1) is 0 Å².